The van der Waals surface area contributed by atoms with Crippen LogP contribution in [0.3, 0.4) is 0 Å². The summed E-state index contributed by atoms with van der Waals surface area (Å²) in [4.78, 5) is 2.17. The lowest BCUT2D eigenvalue weighted by molar-refractivity contribution is 0.304. The minimum absolute atomic E-state index is 0.458. The number of rotatable bonds is 4. The number of amidine groups is 1. The highest BCUT2D eigenvalue weighted by atomic mass is 15.2. The second-order valence-corrected chi connectivity index (χ2v) is 3.94. The minimum atomic E-state index is 0.458. The first-order chi connectivity index (χ1) is 5.49. The van der Waals surface area contributed by atoms with Crippen LogP contribution in [0.25, 0.3) is 0 Å². The maximum absolute atomic E-state index is 7.74. The largest absolute Gasteiger partial charge is 0.358 e. The van der Waals surface area contributed by atoms with Crippen LogP contribution in [0.1, 0.15) is 41.0 Å². The molecule has 0 aromatic rings. The fourth-order valence-electron chi connectivity index (χ4n) is 1.23. The molecule has 0 atom stereocenters. The van der Waals surface area contributed by atoms with Crippen LogP contribution in [0.5, 0.6) is 0 Å². The molecule has 2 nitrogen and oxygen atoms in total. The first kappa shape index (κ1) is 11.5. The Morgan fingerprint density at radius 2 is 1.75 bits per heavy atom. The van der Waals surface area contributed by atoms with Crippen LogP contribution in [0.4, 0.5) is 0 Å². The Morgan fingerprint density at radius 3 is 2.00 bits per heavy atom. The molecule has 0 unspecified atom stereocenters. The molecule has 0 heterocycles. The number of hydrogen-bond donors (Lipinski definition) is 1. The van der Waals surface area contributed by atoms with Crippen molar-refractivity contribution in [1.82, 2.24) is 4.90 Å². The highest BCUT2D eigenvalue weighted by Crippen LogP contribution is 2.06. The van der Waals surface area contributed by atoms with Gasteiger partial charge >= 0.3 is 0 Å². The van der Waals surface area contributed by atoms with E-state index in [0.29, 0.717) is 12.0 Å². The van der Waals surface area contributed by atoms with Gasteiger partial charge in [-0.2, -0.15) is 0 Å². The van der Waals surface area contributed by atoms with Crippen molar-refractivity contribution >= 4 is 5.84 Å². The van der Waals surface area contributed by atoms with Gasteiger partial charge in [-0.1, -0.05) is 20.8 Å². The fourth-order valence-corrected chi connectivity index (χ4v) is 1.23. The zero-order chi connectivity index (χ0) is 9.72. The van der Waals surface area contributed by atoms with Crippen molar-refractivity contribution in [3.63, 3.8) is 0 Å². The van der Waals surface area contributed by atoms with Crippen molar-refractivity contribution in [1.29, 1.82) is 5.41 Å². The van der Waals surface area contributed by atoms with E-state index in [1.165, 1.54) is 0 Å². The molecule has 0 aromatic heterocycles. The average Bonchev–Trinajstić information content (AvgIpc) is 1.98. The summed E-state index contributed by atoms with van der Waals surface area (Å²) in [7, 11) is 0. The SMILES string of the molecule is CCC(=N)N(CC(C)C)C(C)C. The Kier molecular flexibility index (Phi) is 4.95. The third-order valence-electron chi connectivity index (χ3n) is 1.87. The van der Waals surface area contributed by atoms with E-state index in [1.54, 1.807) is 0 Å². The van der Waals surface area contributed by atoms with Crippen molar-refractivity contribution in [2.75, 3.05) is 6.54 Å². The van der Waals surface area contributed by atoms with Gasteiger partial charge in [0.05, 0.1) is 5.84 Å². The van der Waals surface area contributed by atoms with Crippen molar-refractivity contribution in [2.45, 2.75) is 47.1 Å². The number of nitrogens with zero attached hydrogens (tertiary/aromatic N) is 1. The van der Waals surface area contributed by atoms with Crippen LogP contribution in [-0.4, -0.2) is 23.3 Å². The van der Waals surface area contributed by atoms with E-state index in [4.69, 9.17) is 5.41 Å². The summed E-state index contributed by atoms with van der Waals surface area (Å²) >= 11 is 0. The maximum Gasteiger partial charge on any atom is 0.0957 e. The third kappa shape index (κ3) is 3.74. The van der Waals surface area contributed by atoms with Gasteiger partial charge in [-0.25, -0.2) is 0 Å². The molecule has 1 N–H and O–H groups in total. The summed E-state index contributed by atoms with van der Waals surface area (Å²) in [5, 5.41) is 7.74. The van der Waals surface area contributed by atoms with E-state index in [0.717, 1.165) is 18.8 Å². The molecule has 0 rings (SSSR count). The predicted octanol–water partition coefficient (Wildman–Crippen LogP) is 2.74. The highest BCUT2D eigenvalue weighted by Gasteiger charge is 2.12. The Labute approximate surface area is 76.5 Å². The molecule has 0 aliphatic heterocycles. The number of nitrogens with one attached hydrogen (secondary N) is 1. The molecule has 0 saturated heterocycles. The quantitative estimate of drug-likeness (QED) is 0.510. The van der Waals surface area contributed by atoms with Crippen LogP contribution >= 0.6 is 0 Å². The summed E-state index contributed by atoms with van der Waals surface area (Å²) in [6.45, 7) is 11.7. The van der Waals surface area contributed by atoms with Crippen LogP contribution in [0.2, 0.25) is 0 Å². The molecule has 0 bridgehead atoms. The smallest absolute Gasteiger partial charge is 0.0957 e. The zero-order valence-corrected chi connectivity index (χ0v) is 9.02. The first-order valence-corrected chi connectivity index (χ1v) is 4.83. The molecule has 0 aliphatic carbocycles. The second kappa shape index (κ2) is 5.18. The lowest BCUT2D eigenvalue weighted by Gasteiger charge is -2.30. The molecule has 0 radical (unpaired) electrons. The minimum Gasteiger partial charge on any atom is -0.358 e. The van der Waals surface area contributed by atoms with Crippen molar-refractivity contribution in [3.05, 3.63) is 0 Å². The molecular formula is C10H22N2. The van der Waals surface area contributed by atoms with Gasteiger partial charge < -0.3 is 4.90 Å². The Balaban J connectivity index is 4.13. The zero-order valence-electron chi connectivity index (χ0n) is 9.02. The van der Waals surface area contributed by atoms with Crippen molar-refractivity contribution in [2.24, 2.45) is 5.92 Å². The van der Waals surface area contributed by atoms with E-state index in [9.17, 15) is 0 Å². The summed E-state index contributed by atoms with van der Waals surface area (Å²) in [5.41, 5.74) is 0. The average molecular weight is 170 g/mol. The fraction of sp³-hybridized carbons (Fsp3) is 0.900. The van der Waals surface area contributed by atoms with Gasteiger partial charge in [0.1, 0.15) is 0 Å². The topological polar surface area (TPSA) is 27.1 Å². The molecule has 72 valence electrons. The second-order valence-electron chi connectivity index (χ2n) is 3.94. The maximum atomic E-state index is 7.74. The lowest BCUT2D eigenvalue weighted by atomic mass is 10.1. The standard InChI is InChI=1S/C10H22N2/c1-6-10(11)12(9(4)5)7-8(2)3/h8-9,11H,6-7H2,1-5H3. The molecule has 12 heavy (non-hydrogen) atoms. The van der Waals surface area contributed by atoms with E-state index >= 15 is 0 Å². The molecule has 0 saturated carbocycles. The Bertz CT molecular complexity index is 139. The van der Waals surface area contributed by atoms with Gasteiger partial charge in [-0.3, -0.25) is 5.41 Å². The molecule has 0 amide bonds. The lowest BCUT2D eigenvalue weighted by Crippen LogP contribution is -2.38. The van der Waals surface area contributed by atoms with E-state index in [2.05, 4.69) is 32.6 Å². The summed E-state index contributed by atoms with van der Waals surface area (Å²) in [6.07, 6.45) is 0.838. The first-order valence-electron chi connectivity index (χ1n) is 4.83. The molecule has 0 aromatic carbocycles. The van der Waals surface area contributed by atoms with Crippen molar-refractivity contribution in [3.8, 4) is 0 Å². The number of hydrogen-bond acceptors (Lipinski definition) is 1. The van der Waals surface area contributed by atoms with Gasteiger partial charge in [-0.15, -0.1) is 0 Å². The molecule has 2 heteroatoms. The third-order valence-corrected chi connectivity index (χ3v) is 1.87. The van der Waals surface area contributed by atoms with Gasteiger partial charge in [0, 0.05) is 19.0 Å². The van der Waals surface area contributed by atoms with Gasteiger partial charge in [0.25, 0.3) is 0 Å². The van der Waals surface area contributed by atoms with Gasteiger partial charge in [0.15, 0.2) is 0 Å². The van der Waals surface area contributed by atoms with Crippen LogP contribution in [0.15, 0.2) is 0 Å². The van der Waals surface area contributed by atoms with E-state index in [1.807, 2.05) is 6.92 Å². The molecule has 0 fully saturated rings. The summed E-state index contributed by atoms with van der Waals surface area (Å²) < 4.78 is 0. The van der Waals surface area contributed by atoms with E-state index in [-0.39, 0.29) is 0 Å². The predicted molar refractivity (Wildman–Crippen MR) is 54.7 cm³/mol. The van der Waals surface area contributed by atoms with Crippen LogP contribution < -0.4 is 0 Å². The Morgan fingerprint density at radius 1 is 1.25 bits per heavy atom. The normalized spacial score (nSPS) is 10.9. The van der Waals surface area contributed by atoms with Crippen LogP contribution in [0, 0.1) is 11.3 Å². The van der Waals surface area contributed by atoms with E-state index < -0.39 is 0 Å². The highest BCUT2D eigenvalue weighted by molar-refractivity contribution is 5.79. The molecule has 0 spiro atoms. The van der Waals surface area contributed by atoms with Crippen LogP contribution in [-0.2, 0) is 0 Å². The summed E-state index contributed by atoms with van der Waals surface area (Å²) in [6, 6.07) is 0.458. The Hall–Kier alpha value is -0.530. The van der Waals surface area contributed by atoms with Gasteiger partial charge in [-0.05, 0) is 19.8 Å². The monoisotopic (exact) mass is 170 g/mol. The molecule has 0 aliphatic rings. The van der Waals surface area contributed by atoms with Gasteiger partial charge in [0.2, 0.25) is 0 Å². The summed E-state index contributed by atoms with van der Waals surface area (Å²) in [5.74, 6) is 1.40. The molecular weight excluding hydrogens is 148 g/mol. The van der Waals surface area contributed by atoms with Crippen molar-refractivity contribution < 1.29 is 0 Å².